The molecule has 0 saturated carbocycles. The normalized spacial score (nSPS) is 14.8. The van der Waals surface area contributed by atoms with Crippen LogP contribution in [0, 0.1) is 11.5 Å². The highest BCUT2D eigenvalue weighted by Crippen LogP contribution is 2.41. The molecule has 0 aromatic heterocycles. The summed E-state index contributed by atoms with van der Waals surface area (Å²) in [7, 11) is -3.77. The first kappa shape index (κ1) is 27.8. The Balaban J connectivity index is 5.62. The van der Waals surface area contributed by atoms with Gasteiger partial charge in [-0.05, 0) is 34.8 Å². The van der Waals surface area contributed by atoms with Crippen molar-refractivity contribution in [1.29, 1.82) is 0 Å². The third-order valence-corrected chi connectivity index (χ3v) is 17.3. The van der Waals surface area contributed by atoms with E-state index >= 15 is 0 Å². The van der Waals surface area contributed by atoms with E-state index in [2.05, 4.69) is 92.2 Å². The van der Waals surface area contributed by atoms with Gasteiger partial charge in [0.2, 0.25) is 6.43 Å². The van der Waals surface area contributed by atoms with Crippen LogP contribution in [0.25, 0.3) is 0 Å². The molecule has 0 radical (unpaired) electrons. The smallest absolute Gasteiger partial charge is 0.239 e. The van der Waals surface area contributed by atoms with Gasteiger partial charge in [-0.2, -0.15) is 0 Å². The fourth-order valence-corrected chi connectivity index (χ4v) is 9.98. The van der Waals surface area contributed by atoms with Crippen LogP contribution in [0.5, 0.6) is 0 Å². The maximum atomic E-state index is 12.6. The van der Waals surface area contributed by atoms with Crippen LogP contribution >= 0.6 is 0 Å². The summed E-state index contributed by atoms with van der Waals surface area (Å²) in [4.78, 5) is 0. The average Bonchev–Trinajstić information content (AvgIpc) is 2.49. The van der Waals surface area contributed by atoms with E-state index in [4.69, 9.17) is 4.43 Å². The quantitative estimate of drug-likeness (QED) is 0.301. The Bertz CT molecular complexity index is 495. The summed E-state index contributed by atoms with van der Waals surface area (Å²) in [5.74, 6) is 3.46. The van der Waals surface area contributed by atoms with Crippen molar-refractivity contribution >= 4 is 16.4 Å². The minimum Gasteiger partial charge on any atom is -0.414 e. The molecular formula is C22H45F2NOSi2. The highest BCUT2D eigenvalue weighted by molar-refractivity contribution is 6.90. The molecule has 1 unspecified atom stereocenters. The van der Waals surface area contributed by atoms with Crippen molar-refractivity contribution in [3.8, 4) is 11.5 Å². The lowest BCUT2D eigenvalue weighted by Gasteiger charge is -2.38. The molecule has 6 heteroatoms. The third-order valence-electron chi connectivity index (χ3n) is 6.50. The van der Waals surface area contributed by atoms with E-state index in [9.17, 15) is 8.78 Å². The minimum absolute atomic E-state index is 0.111. The number of alkyl halides is 2. The topological polar surface area (TPSA) is 21.3 Å². The van der Waals surface area contributed by atoms with Gasteiger partial charge in [0.1, 0.15) is 8.07 Å². The van der Waals surface area contributed by atoms with Crippen molar-refractivity contribution in [3.05, 3.63) is 0 Å². The average molecular weight is 434 g/mol. The van der Waals surface area contributed by atoms with E-state index in [1.165, 1.54) is 0 Å². The molecule has 0 aliphatic heterocycles. The predicted molar refractivity (Wildman–Crippen MR) is 124 cm³/mol. The van der Waals surface area contributed by atoms with Crippen molar-refractivity contribution < 1.29 is 13.2 Å². The standard InChI is InChI=1S/C22H45F2NOSi2/c1-17(2)28(18(3)4,19(5)6)15-13-20(25-14-12-21(23)24)16-26-27(10,11)22(7,8)9/h17-21,25H,12,14,16H2,1-11H3. The molecular weight excluding hydrogens is 388 g/mol. The van der Waals surface area contributed by atoms with Gasteiger partial charge in [0.25, 0.3) is 0 Å². The first-order valence-electron chi connectivity index (χ1n) is 10.8. The van der Waals surface area contributed by atoms with E-state index in [1.807, 2.05) is 0 Å². The second kappa shape index (κ2) is 11.2. The number of hydrogen-bond donors (Lipinski definition) is 1. The van der Waals surface area contributed by atoms with Crippen LogP contribution in [0.4, 0.5) is 8.78 Å². The Morgan fingerprint density at radius 2 is 1.39 bits per heavy atom. The van der Waals surface area contributed by atoms with E-state index in [1.54, 1.807) is 0 Å². The molecule has 0 bridgehead atoms. The van der Waals surface area contributed by atoms with Crippen LogP contribution in [0.3, 0.4) is 0 Å². The van der Waals surface area contributed by atoms with Crippen LogP contribution in [-0.4, -0.2) is 42.0 Å². The molecule has 0 fully saturated rings. The molecule has 0 saturated heterocycles. The van der Waals surface area contributed by atoms with Gasteiger partial charge in [0.05, 0.1) is 12.6 Å². The molecule has 1 N–H and O–H groups in total. The summed E-state index contributed by atoms with van der Waals surface area (Å²) in [5.41, 5.74) is 5.35. The molecule has 0 aromatic carbocycles. The van der Waals surface area contributed by atoms with E-state index in [-0.39, 0.29) is 24.0 Å². The second-order valence-electron chi connectivity index (χ2n) is 10.4. The van der Waals surface area contributed by atoms with Gasteiger partial charge in [0, 0.05) is 13.0 Å². The fourth-order valence-electron chi connectivity index (χ4n) is 3.67. The number of rotatable bonds is 10. The molecule has 0 heterocycles. The lowest BCUT2D eigenvalue weighted by atomic mass is 10.2. The van der Waals surface area contributed by atoms with Crippen molar-refractivity contribution in [3.63, 3.8) is 0 Å². The summed E-state index contributed by atoms with van der Waals surface area (Å²) in [5, 5.41) is 3.34. The van der Waals surface area contributed by atoms with Crippen LogP contribution < -0.4 is 5.32 Å². The first-order chi connectivity index (χ1) is 12.6. The zero-order valence-electron chi connectivity index (χ0n) is 20.2. The van der Waals surface area contributed by atoms with Crippen molar-refractivity contribution in [2.24, 2.45) is 0 Å². The SMILES string of the molecule is CC(C)[Si](C#CC(CO[Si](C)(C)C(C)(C)C)NCCC(F)F)(C(C)C)C(C)C. The van der Waals surface area contributed by atoms with Gasteiger partial charge < -0.3 is 9.74 Å². The maximum Gasteiger partial charge on any atom is 0.239 e. The number of hydrogen-bond acceptors (Lipinski definition) is 2. The van der Waals surface area contributed by atoms with Gasteiger partial charge in [-0.25, -0.2) is 8.78 Å². The molecule has 0 aromatic rings. The molecule has 0 aliphatic carbocycles. The van der Waals surface area contributed by atoms with E-state index in [0.717, 1.165) is 0 Å². The highest BCUT2D eigenvalue weighted by Gasteiger charge is 2.42. The summed E-state index contributed by atoms with van der Waals surface area (Å²) < 4.78 is 31.6. The molecule has 166 valence electrons. The predicted octanol–water partition coefficient (Wildman–Crippen LogP) is 6.84. The van der Waals surface area contributed by atoms with Crippen LogP contribution in [0.15, 0.2) is 0 Å². The van der Waals surface area contributed by atoms with Crippen LogP contribution in [0.2, 0.25) is 34.8 Å². The Hall–Kier alpha value is -0.226. The molecule has 0 rings (SSSR count). The summed E-state index contributed by atoms with van der Waals surface area (Å²) in [6.45, 7) is 25.5. The maximum absolute atomic E-state index is 12.6. The van der Waals surface area contributed by atoms with Gasteiger partial charge in [-0.1, -0.05) is 68.2 Å². The first-order valence-corrected chi connectivity index (χ1v) is 15.9. The minimum atomic E-state index is -2.29. The number of nitrogens with one attached hydrogen (secondary N) is 1. The lowest BCUT2D eigenvalue weighted by Crippen LogP contribution is -2.46. The molecule has 2 nitrogen and oxygen atoms in total. The Morgan fingerprint density at radius 1 is 0.929 bits per heavy atom. The Morgan fingerprint density at radius 3 is 1.75 bits per heavy atom. The van der Waals surface area contributed by atoms with Crippen LogP contribution in [0.1, 0.15) is 68.7 Å². The zero-order valence-corrected chi connectivity index (χ0v) is 22.2. The third kappa shape index (κ3) is 7.89. The lowest BCUT2D eigenvalue weighted by molar-refractivity contribution is 0.135. The van der Waals surface area contributed by atoms with Crippen molar-refractivity contribution in [2.75, 3.05) is 13.2 Å². The number of halogens is 2. The van der Waals surface area contributed by atoms with Crippen molar-refractivity contribution in [2.45, 2.75) is 116 Å². The van der Waals surface area contributed by atoms with Crippen LogP contribution in [-0.2, 0) is 4.43 Å². The second-order valence-corrected chi connectivity index (χ2v) is 20.8. The summed E-state index contributed by atoms with van der Waals surface area (Å²) >= 11 is 0. The fraction of sp³-hybridized carbons (Fsp3) is 0.909. The molecule has 1 atom stereocenters. The molecule has 28 heavy (non-hydrogen) atoms. The molecule has 0 spiro atoms. The van der Waals surface area contributed by atoms with Gasteiger partial charge in [0.15, 0.2) is 8.32 Å². The summed E-state index contributed by atoms with van der Waals surface area (Å²) in [6, 6.07) is -0.198. The van der Waals surface area contributed by atoms with Gasteiger partial charge >= 0.3 is 0 Å². The molecule has 0 aliphatic rings. The zero-order chi connectivity index (χ0) is 22.3. The largest absolute Gasteiger partial charge is 0.414 e. The van der Waals surface area contributed by atoms with E-state index < -0.39 is 22.8 Å². The highest BCUT2D eigenvalue weighted by atomic mass is 28.4. The Kier molecular flexibility index (Phi) is 11.2. The van der Waals surface area contributed by atoms with Crippen molar-refractivity contribution in [1.82, 2.24) is 5.32 Å². The van der Waals surface area contributed by atoms with E-state index in [0.29, 0.717) is 23.2 Å². The molecule has 0 amide bonds. The summed E-state index contributed by atoms with van der Waals surface area (Å²) in [6.07, 6.45) is -2.45. The monoisotopic (exact) mass is 433 g/mol. The van der Waals surface area contributed by atoms with Gasteiger partial charge in [-0.15, -0.1) is 5.54 Å². The van der Waals surface area contributed by atoms with Gasteiger partial charge in [-0.3, -0.25) is 0 Å². The Labute approximate surface area is 175 Å².